The number of hydrogen-bond acceptors (Lipinski definition) is 6. The molecule has 0 saturated carbocycles. The number of ether oxygens (including phenoxy) is 1. The molecule has 0 amide bonds. The van der Waals surface area contributed by atoms with Crippen molar-refractivity contribution >= 4 is 17.8 Å². The lowest BCUT2D eigenvalue weighted by molar-refractivity contribution is 0.0755. The fourth-order valence-corrected chi connectivity index (χ4v) is 3.94. The zero-order valence-electron chi connectivity index (χ0n) is 19.7. The lowest BCUT2D eigenvalue weighted by Gasteiger charge is -2.29. The number of piperidine rings is 1. The molecule has 2 aromatic carbocycles. The molecular formula is C28H28ClN3O3. The lowest BCUT2D eigenvalue weighted by Crippen LogP contribution is -2.38. The van der Waals surface area contributed by atoms with Gasteiger partial charge in [0.1, 0.15) is 25.2 Å². The highest BCUT2D eigenvalue weighted by atomic mass is 35.5. The first-order valence-electron chi connectivity index (χ1n) is 11.6. The molecule has 4 rings (SSSR count). The van der Waals surface area contributed by atoms with Crippen LogP contribution in [0.25, 0.3) is 11.1 Å². The zero-order valence-corrected chi connectivity index (χ0v) is 20.4. The third-order valence-corrected chi connectivity index (χ3v) is 6.06. The molecule has 0 atom stereocenters. The summed E-state index contributed by atoms with van der Waals surface area (Å²) in [6, 6.07) is 17.3. The third-order valence-electron chi connectivity index (χ3n) is 5.81. The second kappa shape index (κ2) is 12.4. The van der Waals surface area contributed by atoms with E-state index in [2.05, 4.69) is 26.9 Å². The molecule has 1 saturated heterocycles. The van der Waals surface area contributed by atoms with Crippen molar-refractivity contribution in [1.82, 2.24) is 9.88 Å². The number of halogens is 1. The predicted molar refractivity (Wildman–Crippen MR) is 139 cm³/mol. The maximum absolute atomic E-state index is 9.66. The van der Waals surface area contributed by atoms with Crippen LogP contribution >= 0.6 is 11.6 Å². The Morgan fingerprint density at radius 2 is 1.86 bits per heavy atom. The third kappa shape index (κ3) is 7.30. The fourth-order valence-electron chi connectivity index (χ4n) is 3.81. The van der Waals surface area contributed by atoms with Crippen LogP contribution in [0.3, 0.4) is 0 Å². The molecule has 0 radical (unpaired) electrons. The Bertz CT molecular complexity index is 1190. The SMILES string of the molecule is CO/N=C/c1cc(C#Cc2ccc(-c3ccc(Cl)cc3)cn2)ccc1OCCN1CCC(O)CC1. The summed E-state index contributed by atoms with van der Waals surface area (Å²) in [6.07, 6.45) is 4.89. The number of benzene rings is 2. The first kappa shape index (κ1) is 24.7. The number of hydrogen-bond donors (Lipinski definition) is 1. The first-order chi connectivity index (χ1) is 17.1. The standard InChI is InChI=1S/C28H28ClN3O3/c1-34-31-20-24-18-21(3-11-28(24)35-17-16-32-14-12-27(33)13-15-32)2-9-26-10-6-23(19-30-26)22-4-7-25(29)8-5-22/h3-8,10-11,18-20,27,33H,12-17H2,1H3/b31-20+. The number of oxime groups is 1. The molecule has 1 aliphatic heterocycles. The van der Waals surface area contributed by atoms with Gasteiger partial charge in [-0.2, -0.15) is 0 Å². The van der Waals surface area contributed by atoms with E-state index in [-0.39, 0.29) is 6.10 Å². The molecule has 1 N–H and O–H groups in total. The molecule has 6 nitrogen and oxygen atoms in total. The van der Waals surface area contributed by atoms with Crippen LogP contribution in [0.1, 0.15) is 29.7 Å². The van der Waals surface area contributed by atoms with Crippen LogP contribution < -0.4 is 4.74 Å². The minimum absolute atomic E-state index is 0.172. The molecule has 180 valence electrons. The summed E-state index contributed by atoms with van der Waals surface area (Å²) < 4.78 is 6.02. The van der Waals surface area contributed by atoms with Crippen LogP contribution in [-0.4, -0.2) is 60.7 Å². The van der Waals surface area contributed by atoms with Crippen LogP contribution in [0.4, 0.5) is 0 Å². The monoisotopic (exact) mass is 489 g/mol. The van der Waals surface area contributed by atoms with Crippen molar-refractivity contribution in [2.75, 3.05) is 33.4 Å². The average molecular weight is 490 g/mol. The quantitative estimate of drug-likeness (QED) is 0.298. The Morgan fingerprint density at radius 1 is 1.09 bits per heavy atom. The van der Waals surface area contributed by atoms with Crippen LogP contribution in [0, 0.1) is 11.8 Å². The highest BCUT2D eigenvalue weighted by molar-refractivity contribution is 6.30. The van der Waals surface area contributed by atoms with E-state index in [0.717, 1.165) is 60.5 Å². The van der Waals surface area contributed by atoms with Gasteiger partial charge in [-0.3, -0.25) is 4.90 Å². The molecule has 0 bridgehead atoms. The van der Waals surface area contributed by atoms with Crippen molar-refractivity contribution in [2.45, 2.75) is 18.9 Å². The van der Waals surface area contributed by atoms with Gasteiger partial charge in [-0.1, -0.05) is 40.9 Å². The smallest absolute Gasteiger partial charge is 0.128 e. The van der Waals surface area contributed by atoms with E-state index < -0.39 is 0 Å². The maximum Gasteiger partial charge on any atom is 0.128 e. The number of nitrogens with zero attached hydrogens (tertiary/aromatic N) is 3. The van der Waals surface area contributed by atoms with Gasteiger partial charge >= 0.3 is 0 Å². The van der Waals surface area contributed by atoms with Crippen LogP contribution in [-0.2, 0) is 4.84 Å². The Hall–Kier alpha value is -3.37. The van der Waals surface area contributed by atoms with Crippen LogP contribution in [0.2, 0.25) is 5.02 Å². The molecule has 7 heteroatoms. The van der Waals surface area contributed by atoms with Gasteiger partial charge in [0.15, 0.2) is 0 Å². The van der Waals surface area contributed by atoms with Gasteiger partial charge in [-0.05, 0) is 60.7 Å². The van der Waals surface area contributed by atoms with E-state index in [0.29, 0.717) is 17.3 Å². The Kier molecular flexibility index (Phi) is 8.74. The molecule has 35 heavy (non-hydrogen) atoms. The Morgan fingerprint density at radius 3 is 2.57 bits per heavy atom. The summed E-state index contributed by atoms with van der Waals surface area (Å²) in [4.78, 5) is 11.6. The van der Waals surface area contributed by atoms with Crippen molar-refractivity contribution < 1.29 is 14.7 Å². The van der Waals surface area contributed by atoms with Gasteiger partial charge in [-0.15, -0.1) is 0 Å². The molecule has 0 aliphatic carbocycles. The molecule has 0 spiro atoms. The highest BCUT2D eigenvalue weighted by Gasteiger charge is 2.16. The van der Waals surface area contributed by atoms with E-state index in [1.165, 1.54) is 7.11 Å². The number of likely N-dealkylation sites (tertiary alicyclic amines) is 1. The Labute approximate surface area is 211 Å². The minimum atomic E-state index is -0.172. The molecule has 1 aromatic heterocycles. The van der Waals surface area contributed by atoms with Crippen molar-refractivity contribution in [3.05, 3.63) is 82.6 Å². The normalized spacial score (nSPS) is 14.5. The number of aromatic nitrogens is 1. The summed E-state index contributed by atoms with van der Waals surface area (Å²) in [5, 5.41) is 14.3. The molecule has 1 aliphatic rings. The largest absolute Gasteiger partial charge is 0.492 e. The number of aliphatic hydroxyl groups is 1. The minimum Gasteiger partial charge on any atom is -0.492 e. The van der Waals surface area contributed by atoms with Gasteiger partial charge < -0.3 is 14.7 Å². The van der Waals surface area contributed by atoms with Crippen molar-refractivity contribution in [3.63, 3.8) is 0 Å². The van der Waals surface area contributed by atoms with Crippen molar-refractivity contribution in [1.29, 1.82) is 0 Å². The van der Waals surface area contributed by atoms with E-state index in [1.807, 2.05) is 60.8 Å². The molecular weight excluding hydrogens is 462 g/mol. The van der Waals surface area contributed by atoms with Gasteiger partial charge in [0, 0.05) is 47.5 Å². The highest BCUT2D eigenvalue weighted by Crippen LogP contribution is 2.21. The second-order valence-electron chi connectivity index (χ2n) is 8.28. The summed E-state index contributed by atoms with van der Waals surface area (Å²) in [6.45, 7) is 3.16. The van der Waals surface area contributed by atoms with E-state index in [9.17, 15) is 5.11 Å². The summed E-state index contributed by atoms with van der Waals surface area (Å²) in [7, 11) is 1.50. The number of aliphatic hydroxyl groups excluding tert-OH is 1. The first-order valence-corrected chi connectivity index (χ1v) is 12.0. The predicted octanol–water partition coefficient (Wildman–Crippen LogP) is 4.62. The van der Waals surface area contributed by atoms with Gasteiger partial charge in [-0.25, -0.2) is 4.98 Å². The number of pyridine rings is 1. The van der Waals surface area contributed by atoms with E-state index in [1.54, 1.807) is 6.21 Å². The summed E-state index contributed by atoms with van der Waals surface area (Å²) >= 11 is 5.97. The van der Waals surface area contributed by atoms with E-state index >= 15 is 0 Å². The lowest BCUT2D eigenvalue weighted by atomic mass is 10.1. The maximum atomic E-state index is 9.66. The fraction of sp³-hybridized carbons (Fsp3) is 0.286. The molecule has 2 heterocycles. The van der Waals surface area contributed by atoms with Gasteiger partial charge in [0.05, 0.1) is 12.3 Å². The molecule has 0 unspecified atom stereocenters. The summed E-state index contributed by atoms with van der Waals surface area (Å²) in [5.74, 6) is 7.00. The molecule has 3 aromatic rings. The van der Waals surface area contributed by atoms with Crippen molar-refractivity contribution in [2.24, 2.45) is 5.16 Å². The van der Waals surface area contributed by atoms with Crippen LogP contribution in [0.15, 0.2) is 65.9 Å². The average Bonchev–Trinajstić information content (AvgIpc) is 2.89. The summed E-state index contributed by atoms with van der Waals surface area (Å²) in [5.41, 5.74) is 4.36. The van der Waals surface area contributed by atoms with Crippen LogP contribution in [0.5, 0.6) is 5.75 Å². The second-order valence-corrected chi connectivity index (χ2v) is 8.72. The Balaban J connectivity index is 1.41. The van der Waals surface area contributed by atoms with E-state index in [4.69, 9.17) is 21.2 Å². The molecule has 1 fully saturated rings. The van der Waals surface area contributed by atoms with Crippen molar-refractivity contribution in [3.8, 4) is 28.7 Å². The number of rotatable bonds is 7. The van der Waals surface area contributed by atoms with Gasteiger partial charge in [0.2, 0.25) is 0 Å². The topological polar surface area (TPSA) is 67.2 Å². The van der Waals surface area contributed by atoms with Gasteiger partial charge in [0.25, 0.3) is 0 Å². The zero-order chi connectivity index (χ0) is 24.5.